The molecule has 1 saturated carbocycles. The third-order valence-corrected chi connectivity index (χ3v) is 3.98. The fourth-order valence-corrected chi connectivity index (χ4v) is 2.78. The van der Waals surface area contributed by atoms with Crippen molar-refractivity contribution in [1.29, 1.82) is 0 Å². The first kappa shape index (κ1) is 12.6. The van der Waals surface area contributed by atoms with Gasteiger partial charge < -0.3 is 10.4 Å². The number of hydrogen-bond acceptors (Lipinski definition) is 2. The lowest BCUT2D eigenvalue weighted by Crippen LogP contribution is -2.37. The Bertz CT molecular complexity index is 373. The van der Waals surface area contributed by atoms with Gasteiger partial charge in [-0.15, -0.1) is 0 Å². The van der Waals surface area contributed by atoms with Crippen molar-refractivity contribution in [3.63, 3.8) is 0 Å². The van der Waals surface area contributed by atoms with Crippen LogP contribution >= 0.6 is 0 Å². The van der Waals surface area contributed by atoms with E-state index in [2.05, 4.69) is 31.3 Å². The molecule has 0 saturated heterocycles. The molecule has 0 amide bonds. The van der Waals surface area contributed by atoms with Crippen LogP contribution in [0.4, 0.5) is 0 Å². The quantitative estimate of drug-likeness (QED) is 0.838. The fourth-order valence-electron chi connectivity index (χ4n) is 2.78. The molecule has 0 radical (unpaired) electrons. The molecular formula is C15H23NO. The average molecular weight is 233 g/mol. The van der Waals surface area contributed by atoms with Crippen LogP contribution in [0.15, 0.2) is 24.3 Å². The summed E-state index contributed by atoms with van der Waals surface area (Å²) in [6.45, 7) is 5.73. The van der Waals surface area contributed by atoms with Crippen molar-refractivity contribution in [3.8, 4) is 0 Å². The first-order valence-electron chi connectivity index (χ1n) is 6.54. The molecule has 17 heavy (non-hydrogen) atoms. The summed E-state index contributed by atoms with van der Waals surface area (Å²) in [5.74, 6) is 0. The molecule has 1 aliphatic carbocycles. The van der Waals surface area contributed by atoms with E-state index in [0.29, 0.717) is 11.5 Å². The third kappa shape index (κ3) is 3.08. The zero-order valence-electron chi connectivity index (χ0n) is 10.9. The number of rotatable bonds is 4. The molecular weight excluding hydrogens is 210 g/mol. The summed E-state index contributed by atoms with van der Waals surface area (Å²) < 4.78 is 0. The third-order valence-electron chi connectivity index (χ3n) is 3.98. The van der Waals surface area contributed by atoms with Crippen LogP contribution in [0.2, 0.25) is 0 Å². The monoisotopic (exact) mass is 233 g/mol. The molecule has 0 spiro atoms. The number of aliphatic hydroxyl groups excluding tert-OH is 1. The van der Waals surface area contributed by atoms with E-state index in [9.17, 15) is 0 Å². The molecule has 0 bridgehead atoms. The van der Waals surface area contributed by atoms with Gasteiger partial charge in [-0.25, -0.2) is 0 Å². The molecule has 1 atom stereocenters. The predicted octanol–water partition coefficient (Wildman–Crippen LogP) is 2.85. The minimum atomic E-state index is 0.128. The molecule has 1 fully saturated rings. The molecule has 2 rings (SSSR count). The largest absolute Gasteiger partial charge is 0.392 e. The Morgan fingerprint density at radius 2 is 2.12 bits per heavy atom. The molecule has 2 heteroatoms. The Labute approximate surface area is 104 Å². The number of aliphatic hydroxyl groups is 1. The van der Waals surface area contributed by atoms with Gasteiger partial charge in [-0.05, 0) is 29.4 Å². The van der Waals surface area contributed by atoms with Crippen molar-refractivity contribution in [2.75, 3.05) is 0 Å². The second-order valence-electron chi connectivity index (χ2n) is 5.79. The van der Waals surface area contributed by atoms with E-state index in [0.717, 1.165) is 12.1 Å². The van der Waals surface area contributed by atoms with Crippen molar-refractivity contribution in [1.82, 2.24) is 5.32 Å². The van der Waals surface area contributed by atoms with Crippen LogP contribution in [0.25, 0.3) is 0 Å². The molecule has 0 heterocycles. The number of nitrogens with one attached hydrogen (secondary N) is 1. The van der Waals surface area contributed by atoms with Crippen LogP contribution in [-0.2, 0) is 13.2 Å². The lowest BCUT2D eigenvalue weighted by Gasteiger charge is -2.28. The van der Waals surface area contributed by atoms with Gasteiger partial charge in [-0.3, -0.25) is 0 Å². The lowest BCUT2D eigenvalue weighted by atomic mass is 9.87. The molecule has 2 nitrogen and oxygen atoms in total. The average Bonchev–Trinajstić information content (AvgIpc) is 2.66. The molecule has 1 aliphatic rings. The highest BCUT2D eigenvalue weighted by Gasteiger charge is 2.33. The van der Waals surface area contributed by atoms with Crippen LogP contribution in [0.3, 0.4) is 0 Å². The maximum Gasteiger partial charge on any atom is 0.0681 e. The smallest absolute Gasteiger partial charge is 0.0681 e. The highest BCUT2D eigenvalue weighted by molar-refractivity contribution is 5.22. The van der Waals surface area contributed by atoms with Gasteiger partial charge in [-0.2, -0.15) is 0 Å². The summed E-state index contributed by atoms with van der Waals surface area (Å²) in [7, 11) is 0. The summed E-state index contributed by atoms with van der Waals surface area (Å²) in [4.78, 5) is 0. The second-order valence-corrected chi connectivity index (χ2v) is 5.79. The Hall–Kier alpha value is -0.860. The van der Waals surface area contributed by atoms with Crippen molar-refractivity contribution < 1.29 is 5.11 Å². The first-order valence-corrected chi connectivity index (χ1v) is 6.54. The van der Waals surface area contributed by atoms with Gasteiger partial charge in [0.25, 0.3) is 0 Å². The molecule has 0 aliphatic heterocycles. The molecule has 1 aromatic rings. The van der Waals surface area contributed by atoms with Crippen molar-refractivity contribution in [2.24, 2.45) is 5.41 Å². The van der Waals surface area contributed by atoms with Gasteiger partial charge in [0.05, 0.1) is 6.61 Å². The normalized spacial score (nSPS) is 22.9. The van der Waals surface area contributed by atoms with E-state index in [1.807, 2.05) is 12.1 Å². The SMILES string of the molecule is CC1(C)CCC[C@H]1NCc1cccc(CO)c1. The first-order chi connectivity index (χ1) is 8.12. The maximum absolute atomic E-state index is 9.10. The van der Waals surface area contributed by atoms with Gasteiger partial charge in [-0.1, -0.05) is 44.5 Å². The summed E-state index contributed by atoms with van der Waals surface area (Å²) in [6, 6.07) is 8.80. The van der Waals surface area contributed by atoms with Crippen LogP contribution in [0.5, 0.6) is 0 Å². The minimum Gasteiger partial charge on any atom is -0.392 e. The van der Waals surface area contributed by atoms with Gasteiger partial charge in [0.15, 0.2) is 0 Å². The van der Waals surface area contributed by atoms with Gasteiger partial charge in [0, 0.05) is 12.6 Å². The highest BCUT2D eigenvalue weighted by atomic mass is 16.3. The molecule has 1 aromatic carbocycles. The Morgan fingerprint density at radius 1 is 1.35 bits per heavy atom. The Balaban J connectivity index is 1.93. The van der Waals surface area contributed by atoms with Gasteiger partial charge in [0.2, 0.25) is 0 Å². The maximum atomic E-state index is 9.10. The topological polar surface area (TPSA) is 32.3 Å². The van der Waals surface area contributed by atoms with E-state index >= 15 is 0 Å². The zero-order valence-corrected chi connectivity index (χ0v) is 10.9. The lowest BCUT2D eigenvalue weighted by molar-refractivity contribution is 0.279. The summed E-state index contributed by atoms with van der Waals surface area (Å²) in [5, 5.41) is 12.8. The number of hydrogen-bond donors (Lipinski definition) is 2. The van der Waals surface area contributed by atoms with Gasteiger partial charge >= 0.3 is 0 Å². The van der Waals surface area contributed by atoms with E-state index in [-0.39, 0.29) is 6.61 Å². The minimum absolute atomic E-state index is 0.128. The highest BCUT2D eigenvalue weighted by Crippen LogP contribution is 2.37. The second kappa shape index (κ2) is 5.19. The molecule has 2 N–H and O–H groups in total. The van der Waals surface area contributed by atoms with E-state index in [4.69, 9.17) is 5.11 Å². The molecule has 0 aromatic heterocycles. The van der Waals surface area contributed by atoms with Crippen LogP contribution in [0.1, 0.15) is 44.2 Å². The van der Waals surface area contributed by atoms with Crippen molar-refractivity contribution >= 4 is 0 Å². The number of benzene rings is 1. The molecule has 94 valence electrons. The van der Waals surface area contributed by atoms with Crippen LogP contribution in [0, 0.1) is 5.41 Å². The summed E-state index contributed by atoms with van der Waals surface area (Å²) >= 11 is 0. The zero-order chi connectivity index (χ0) is 12.3. The van der Waals surface area contributed by atoms with Crippen LogP contribution in [-0.4, -0.2) is 11.1 Å². The van der Waals surface area contributed by atoms with Crippen molar-refractivity contribution in [2.45, 2.75) is 52.3 Å². The Kier molecular flexibility index (Phi) is 3.85. The predicted molar refractivity (Wildman–Crippen MR) is 70.6 cm³/mol. The fraction of sp³-hybridized carbons (Fsp3) is 0.600. The van der Waals surface area contributed by atoms with E-state index < -0.39 is 0 Å². The van der Waals surface area contributed by atoms with E-state index in [1.165, 1.54) is 24.8 Å². The summed E-state index contributed by atoms with van der Waals surface area (Å²) in [6.07, 6.45) is 3.94. The summed E-state index contributed by atoms with van der Waals surface area (Å²) in [5.41, 5.74) is 2.68. The van der Waals surface area contributed by atoms with Crippen molar-refractivity contribution in [3.05, 3.63) is 35.4 Å². The standard InChI is InChI=1S/C15H23NO/c1-15(2)8-4-7-14(15)16-10-12-5-3-6-13(9-12)11-17/h3,5-6,9,14,16-17H,4,7-8,10-11H2,1-2H3/t14-/m1/s1. The Morgan fingerprint density at radius 3 is 2.76 bits per heavy atom. The van der Waals surface area contributed by atoms with E-state index in [1.54, 1.807) is 0 Å². The van der Waals surface area contributed by atoms with Crippen LogP contribution < -0.4 is 5.32 Å². The molecule has 0 unspecified atom stereocenters. The van der Waals surface area contributed by atoms with Gasteiger partial charge in [0.1, 0.15) is 0 Å².